The van der Waals surface area contributed by atoms with Gasteiger partial charge in [0.1, 0.15) is 0 Å². The van der Waals surface area contributed by atoms with Gasteiger partial charge in [0.2, 0.25) is 0 Å². The van der Waals surface area contributed by atoms with Gasteiger partial charge in [0.25, 0.3) is 6.01 Å². The fraction of sp³-hybridized carbons (Fsp3) is 0.250. The molecule has 78 valence electrons. The van der Waals surface area contributed by atoms with Gasteiger partial charge in [0, 0.05) is 12.6 Å². The number of hydrogen-bond acceptors (Lipinski definition) is 3. The molecule has 2 rings (SSSR count). The van der Waals surface area contributed by atoms with E-state index in [1.165, 1.54) is 11.1 Å². The summed E-state index contributed by atoms with van der Waals surface area (Å²) in [5, 5.41) is 2.87. The van der Waals surface area contributed by atoms with E-state index in [-0.39, 0.29) is 0 Å². The van der Waals surface area contributed by atoms with E-state index in [9.17, 15) is 0 Å². The first kappa shape index (κ1) is 9.77. The second-order valence-electron chi connectivity index (χ2n) is 3.60. The highest BCUT2D eigenvalue weighted by molar-refractivity contribution is 5.62. The van der Waals surface area contributed by atoms with Crippen molar-refractivity contribution in [3.63, 3.8) is 0 Å². The molecule has 0 fully saturated rings. The minimum absolute atomic E-state index is 0.547. The number of aryl methyl sites for hydroxylation is 2. The highest BCUT2D eigenvalue weighted by Gasteiger charge is 2.07. The normalized spacial score (nSPS) is 10.3. The smallest absolute Gasteiger partial charge is 0.294 e. The summed E-state index contributed by atoms with van der Waals surface area (Å²) in [5.41, 5.74) is 3.52. The van der Waals surface area contributed by atoms with Crippen molar-refractivity contribution >= 4 is 6.01 Å². The summed E-state index contributed by atoms with van der Waals surface area (Å²) < 4.78 is 5.53. The predicted octanol–water partition coefficient (Wildman–Crippen LogP) is 3.00. The largest absolute Gasteiger partial charge is 0.424 e. The lowest BCUT2D eigenvalue weighted by Crippen LogP contribution is -1.85. The molecule has 3 heteroatoms. The molecule has 1 heterocycles. The second-order valence-corrected chi connectivity index (χ2v) is 3.60. The zero-order chi connectivity index (χ0) is 10.8. The van der Waals surface area contributed by atoms with Crippen molar-refractivity contribution in [2.24, 2.45) is 0 Å². The van der Waals surface area contributed by atoms with E-state index in [1.54, 1.807) is 13.2 Å². The quantitative estimate of drug-likeness (QED) is 0.813. The Labute approximate surface area is 89.1 Å². The first-order valence-corrected chi connectivity index (χ1v) is 4.92. The first-order valence-electron chi connectivity index (χ1n) is 4.92. The maximum absolute atomic E-state index is 5.53. The number of hydrogen-bond donors (Lipinski definition) is 1. The zero-order valence-electron chi connectivity index (χ0n) is 9.16. The molecule has 0 aliphatic rings. The third-order valence-electron chi connectivity index (χ3n) is 2.38. The lowest BCUT2D eigenvalue weighted by molar-refractivity contribution is 0.589. The molecule has 0 unspecified atom stereocenters. The molecule has 1 N–H and O–H groups in total. The van der Waals surface area contributed by atoms with Crippen LogP contribution in [0.15, 0.2) is 28.8 Å². The summed E-state index contributed by atoms with van der Waals surface area (Å²) in [6, 6.07) is 6.83. The van der Waals surface area contributed by atoms with Crippen LogP contribution < -0.4 is 5.32 Å². The Morgan fingerprint density at radius 1 is 1.27 bits per heavy atom. The van der Waals surface area contributed by atoms with Gasteiger partial charge in [-0.1, -0.05) is 17.7 Å². The lowest BCUT2D eigenvalue weighted by Gasteiger charge is -2.02. The molecule has 0 atom stereocenters. The number of benzene rings is 1. The standard InChI is InChI=1S/C12H14N2O/c1-8-4-5-9(2)10(6-8)11-7-14-12(13-3)15-11/h4-7H,1-3H3,(H,13,14). The molecule has 0 bridgehead atoms. The van der Waals surface area contributed by atoms with E-state index in [0.29, 0.717) is 6.01 Å². The molecule has 1 aromatic carbocycles. The summed E-state index contributed by atoms with van der Waals surface area (Å²) in [4.78, 5) is 4.10. The third kappa shape index (κ3) is 1.86. The van der Waals surface area contributed by atoms with Crippen LogP contribution in [0.3, 0.4) is 0 Å². The van der Waals surface area contributed by atoms with Gasteiger partial charge in [-0.15, -0.1) is 0 Å². The van der Waals surface area contributed by atoms with Gasteiger partial charge >= 0.3 is 0 Å². The lowest BCUT2D eigenvalue weighted by atomic mass is 10.0. The summed E-state index contributed by atoms with van der Waals surface area (Å²) in [6.07, 6.45) is 1.74. The molecule has 0 saturated heterocycles. The second kappa shape index (κ2) is 3.77. The van der Waals surface area contributed by atoms with E-state index in [0.717, 1.165) is 11.3 Å². The van der Waals surface area contributed by atoms with Crippen molar-refractivity contribution in [1.29, 1.82) is 0 Å². The van der Waals surface area contributed by atoms with Crippen LogP contribution >= 0.6 is 0 Å². The van der Waals surface area contributed by atoms with Crippen LogP contribution in [0.1, 0.15) is 11.1 Å². The Balaban J connectivity index is 2.48. The minimum atomic E-state index is 0.547. The number of rotatable bonds is 2. The SMILES string of the molecule is CNc1ncc(-c2cc(C)ccc2C)o1. The van der Waals surface area contributed by atoms with Crippen molar-refractivity contribution < 1.29 is 4.42 Å². The Morgan fingerprint density at radius 3 is 2.73 bits per heavy atom. The molecule has 0 aliphatic heterocycles. The summed E-state index contributed by atoms with van der Waals surface area (Å²) in [6.45, 7) is 4.13. The van der Waals surface area contributed by atoms with Crippen LogP contribution in [-0.4, -0.2) is 12.0 Å². The molecule has 0 radical (unpaired) electrons. The first-order chi connectivity index (χ1) is 7.20. The fourth-order valence-corrected chi connectivity index (χ4v) is 1.52. The van der Waals surface area contributed by atoms with Crippen molar-refractivity contribution in [3.05, 3.63) is 35.5 Å². The summed E-state index contributed by atoms with van der Waals surface area (Å²) in [7, 11) is 1.79. The Hall–Kier alpha value is -1.77. The van der Waals surface area contributed by atoms with Crippen LogP contribution in [0.2, 0.25) is 0 Å². The van der Waals surface area contributed by atoms with Crippen LogP contribution in [0, 0.1) is 13.8 Å². The summed E-state index contributed by atoms with van der Waals surface area (Å²) in [5.74, 6) is 0.806. The van der Waals surface area contributed by atoms with Crippen molar-refractivity contribution in [2.45, 2.75) is 13.8 Å². The van der Waals surface area contributed by atoms with Crippen molar-refractivity contribution in [3.8, 4) is 11.3 Å². The fourth-order valence-electron chi connectivity index (χ4n) is 1.52. The maximum atomic E-state index is 5.53. The zero-order valence-corrected chi connectivity index (χ0v) is 9.16. The Bertz CT molecular complexity index is 474. The van der Waals surface area contributed by atoms with Crippen molar-refractivity contribution in [1.82, 2.24) is 4.98 Å². The van der Waals surface area contributed by atoms with E-state index in [4.69, 9.17) is 4.42 Å². The van der Waals surface area contributed by atoms with Gasteiger partial charge in [-0.3, -0.25) is 0 Å². The molecule has 1 aromatic heterocycles. The minimum Gasteiger partial charge on any atom is -0.424 e. The van der Waals surface area contributed by atoms with Gasteiger partial charge in [-0.2, -0.15) is 0 Å². The molecule has 15 heavy (non-hydrogen) atoms. The van der Waals surface area contributed by atoms with E-state index in [2.05, 4.69) is 42.3 Å². The average Bonchev–Trinajstić information content (AvgIpc) is 2.70. The van der Waals surface area contributed by atoms with Gasteiger partial charge < -0.3 is 9.73 Å². The van der Waals surface area contributed by atoms with Crippen LogP contribution in [0.4, 0.5) is 6.01 Å². The predicted molar refractivity (Wildman–Crippen MR) is 61.0 cm³/mol. The van der Waals surface area contributed by atoms with E-state index in [1.807, 2.05) is 0 Å². The van der Waals surface area contributed by atoms with Crippen molar-refractivity contribution in [2.75, 3.05) is 12.4 Å². The summed E-state index contributed by atoms with van der Waals surface area (Å²) >= 11 is 0. The molecule has 0 aliphatic carbocycles. The van der Waals surface area contributed by atoms with E-state index >= 15 is 0 Å². The maximum Gasteiger partial charge on any atom is 0.294 e. The Kier molecular flexibility index (Phi) is 2.46. The van der Waals surface area contributed by atoms with Crippen LogP contribution in [0.5, 0.6) is 0 Å². The molecular formula is C12H14N2O. The van der Waals surface area contributed by atoms with Gasteiger partial charge in [0.15, 0.2) is 5.76 Å². The molecule has 3 nitrogen and oxygen atoms in total. The highest BCUT2D eigenvalue weighted by Crippen LogP contribution is 2.26. The molecule has 0 saturated carbocycles. The highest BCUT2D eigenvalue weighted by atomic mass is 16.4. The molecule has 0 amide bonds. The number of nitrogens with one attached hydrogen (secondary N) is 1. The van der Waals surface area contributed by atoms with Crippen LogP contribution in [-0.2, 0) is 0 Å². The van der Waals surface area contributed by atoms with Crippen LogP contribution in [0.25, 0.3) is 11.3 Å². The molecule has 2 aromatic rings. The van der Waals surface area contributed by atoms with E-state index < -0.39 is 0 Å². The number of anilines is 1. The number of aromatic nitrogens is 1. The number of oxazole rings is 1. The van der Waals surface area contributed by atoms with Gasteiger partial charge in [-0.25, -0.2) is 4.98 Å². The molecule has 0 spiro atoms. The number of nitrogens with zero attached hydrogens (tertiary/aromatic N) is 1. The topological polar surface area (TPSA) is 38.1 Å². The average molecular weight is 202 g/mol. The molecular weight excluding hydrogens is 188 g/mol. The monoisotopic (exact) mass is 202 g/mol. The Morgan fingerprint density at radius 2 is 2.07 bits per heavy atom. The van der Waals surface area contributed by atoms with Gasteiger partial charge in [-0.05, 0) is 25.5 Å². The van der Waals surface area contributed by atoms with Gasteiger partial charge in [0.05, 0.1) is 6.20 Å². The third-order valence-corrected chi connectivity index (χ3v) is 2.38.